The van der Waals surface area contributed by atoms with Gasteiger partial charge in [0.1, 0.15) is 23.6 Å². The van der Waals surface area contributed by atoms with Gasteiger partial charge in [-0.3, -0.25) is 0 Å². The number of hydrogen-bond acceptors (Lipinski definition) is 8. The molecule has 3 aromatic rings. The Labute approximate surface area is 278 Å². The third kappa shape index (κ3) is 14.5. The lowest BCUT2D eigenvalue weighted by molar-refractivity contribution is 0.0399. The van der Waals surface area contributed by atoms with Crippen LogP contribution in [0.2, 0.25) is 0 Å². The minimum absolute atomic E-state index is 0.0368. The molecular weight excluding hydrogens is 598 g/mol. The van der Waals surface area contributed by atoms with Crippen LogP contribution in [-0.4, -0.2) is 71.0 Å². The highest BCUT2D eigenvalue weighted by atomic mass is 16.6. The molecule has 0 aliphatic carbocycles. The Hall–Kier alpha value is -4.12. The van der Waals surface area contributed by atoms with Crippen molar-refractivity contribution in [3.8, 4) is 5.75 Å². The molecule has 10 nitrogen and oxygen atoms in total. The smallest absolute Gasteiger partial charge is 0.407 e. The summed E-state index contributed by atoms with van der Waals surface area (Å²) in [5.41, 5.74) is 1.32. The van der Waals surface area contributed by atoms with Crippen molar-refractivity contribution in [3.05, 3.63) is 102 Å². The zero-order valence-corrected chi connectivity index (χ0v) is 28.4. The number of benzene rings is 3. The molecule has 5 N–H and O–H groups in total. The molecule has 0 spiro atoms. The van der Waals surface area contributed by atoms with Crippen molar-refractivity contribution < 1.29 is 34.0 Å². The molecular formula is C37H51N3O7. The van der Waals surface area contributed by atoms with Crippen LogP contribution in [0.3, 0.4) is 0 Å². The van der Waals surface area contributed by atoms with Gasteiger partial charge >= 0.3 is 12.2 Å². The molecule has 4 atom stereocenters. The first kappa shape index (κ1) is 37.3. The van der Waals surface area contributed by atoms with Crippen LogP contribution >= 0.6 is 0 Å². The van der Waals surface area contributed by atoms with Crippen molar-refractivity contribution in [1.29, 1.82) is 0 Å². The Kier molecular flexibility index (Phi) is 14.1. The summed E-state index contributed by atoms with van der Waals surface area (Å²) in [7, 11) is 0. The number of ether oxygens (including phenoxy) is 3. The van der Waals surface area contributed by atoms with E-state index in [4.69, 9.17) is 14.2 Å². The van der Waals surface area contributed by atoms with E-state index >= 15 is 0 Å². The molecule has 0 aliphatic rings. The van der Waals surface area contributed by atoms with E-state index < -0.39 is 47.7 Å². The summed E-state index contributed by atoms with van der Waals surface area (Å²) in [4.78, 5) is 25.4. The number of amides is 2. The molecule has 47 heavy (non-hydrogen) atoms. The Bertz CT molecular complexity index is 1370. The van der Waals surface area contributed by atoms with Crippen LogP contribution in [0.25, 0.3) is 0 Å². The zero-order chi connectivity index (χ0) is 34.5. The van der Waals surface area contributed by atoms with Gasteiger partial charge in [0.25, 0.3) is 0 Å². The van der Waals surface area contributed by atoms with Gasteiger partial charge in [0.05, 0.1) is 24.3 Å². The van der Waals surface area contributed by atoms with E-state index in [1.54, 1.807) is 41.5 Å². The second-order valence-corrected chi connectivity index (χ2v) is 13.6. The van der Waals surface area contributed by atoms with Crippen molar-refractivity contribution in [1.82, 2.24) is 16.0 Å². The molecule has 0 radical (unpaired) electrons. The fourth-order valence-corrected chi connectivity index (χ4v) is 4.80. The van der Waals surface area contributed by atoms with E-state index in [1.807, 2.05) is 84.9 Å². The summed E-state index contributed by atoms with van der Waals surface area (Å²) in [5, 5.41) is 31.2. The summed E-state index contributed by atoms with van der Waals surface area (Å²) in [6.07, 6.45) is -2.75. The topological polar surface area (TPSA) is 138 Å². The molecule has 0 saturated carbocycles. The SMILES string of the molecule is CC(C)(C)OC(=O)N[C@@H](Cc1ccccc1)[C@H](O)CNC[C@@H](O)[C@H](Cc1ccccc1OCc1ccccc1)NC(=O)OC(C)(C)C. The number of para-hydroxylation sites is 1. The largest absolute Gasteiger partial charge is 0.489 e. The number of rotatable bonds is 15. The molecule has 256 valence electrons. The lowest BCUT2D eigenvalue weighted by Crippen LogP contribution is -2.53. The molecule has 0 aliphatic heterocycles. The summed E-state index contributed by atoms with van der Waals surface area (Å²) in [6.45, 7) is 11.1. The van der Waals surface area contributed by atoms with Crippen molar-refractivity contribution in [2.75, 3.05) is 13.1 Å². The molecule has 10 heteroatoms. The van der Waals surface area contributed by atoms with Crippen LogP contribution in [0.1, 0.15) is 58.2 Å². The van der Waals surface area contributed by atoms with E-state index in [0.29, 0.717) is 18.8 Å². The summed E-state index contributed by atoms with van der Waals surface area (Å²) < 4.78 is 17.0. The maximum atomic E-state index is 12.8. The van der Waals surface area contributed by atoms with Crippen LogP contribution in [0, 0.1) is 0 Å². The predicted molar refractivity (Wildman–Crippen MR) is 182 cm³/mol. The molecule has 0 saturated heterocycles. The predicted octanol–water partition coefficient (Wildman–Crippen LogP) is 5.15. The van der Waals surface area contributed by atoms with Crippen molar-refractivity contribution in [2.24, 2.45) is 0 Å². The van der Waals surface area contributed by atoms with Gasteiger partial charge in [0, 0.05) is 13.1 Å². The van der Waals surface area contributed by atoms with Gasteiger partial charge in [-0.15, -0.1) is 0 Å². The van der Waals surface area contributed by atoms with Gasteiger partial charge in [-0.05, 0) is 77.1 Å². The first-order valence-corrected chi connectivity index (χ1v) is 16.0. The number of alkyl carbamates (subject to hydrolysis) is 2. The lowest BCUT2D eigenvalue weighted by Gasteiger charge is -2.29. The molecule has 0 bridgehead atoms. The second-order valence-electron chi connectivity index (χ2n) is 13.6. The van der Waals surface area contributed by atoms with E-state index in [0.717, 1.165) is 16.7 Å². The van der Waals surface area contributed by atoms with Crippen LogP contribution in [0.4, 0.5) is 9.59 Å². The van der Waals surface area contributed by atoms with E-state index in [2.05, 4.69) is 16.0 Å². The standard InChI is InChI=1S/C37H51N3O7/c1-36(2,3)46-34(43)39-29(21-26-15-9-7-10-16-26)31(41)23-38-24-32(42)30(40-35(44)47-37(4,5)6)22-28-19-13-14-20-33(28)45-25-27-17-11-8-12-18-27/h7-20,29-32,38,41-42H,21-25H2,1-6H3,(H,39,43)(H,40,44)/t29-,30-,31+,32+/m0/s1. The lowest BCUT2D eigenvalue weighted by atomic mass is 9.99. The number of carbonyl (C=O) groups is 2. The summed E-state index contributed by atoms with van der Waals surface area (Å²) in [5.74, 6) is 0.639. The highest BCUT2D eigenvalue weighted by Crippen LogP contribution is 2.22. The second kappa shape index (κ2) is 17.7. The highest BCUT2D eigenvalue weighted by molar-refractivity contribution is 5.68. The fraction of sp³-hybridized carbons (Fsp3) is 0.459. The van der Waals surface area contributed by atoms with Crippen molar-refractivity contribution >= 4 is 12.2 Å². The molecule has 3 rings (SSSR count). The molecule has 2 amide bonds. The van der Waals surface area contributed by atoms with Crippen molar-refractivity contribution in [3.63, 3.8) is 0 Å². The van der Waals surface area contributed by atoms with Crippen LogP contribution in [-0.2, 0) is 28.9 Å². The van der Waals surface area contributed by atoms with Crippen molar-refractivity contribution in [2.45, 2.75) is 96.5 Å². The number of carbonyl (C=O) groups excluding carboxylic acids is 2. The molecule has 0 unspecified atom stereocenters. The first-order valence-electron chi connectivity index (χ1n) is 16.0. The quantitative estimate of drug-likeness (QED) is 0.153. The maximum Gasteiger partial charge on any atom is 0.407 e. The highest BCUT2D eigenvalue weighted by Gasteiger charge is 2.28. The normalized spacial score (nSPS) is 14.3. The third-order valence-electron chi connectivity index (χ3n) is 6.99. The van der Waals surface area contributed by atoms with Gasteiger partial charge in [-0.2, -0.15) is 0 Å². The summed E-state index contributed by atoms with van der Waals surface area (Å²) >= 11 is 0. The summed E-state index contributed by atoms with van der Waals surface area (Å²) in [6, 6.07) is 25.4. The molecule has 0 aromatic heterocycles. The van der Waals surface area contributed by atoms with Crippen LogP contribution in [0.15, 0.2) is 84.9 Å². The van der Waals surface area contributed by atoms with Crippen LogP contribution in [0.5, 0.6) is 5.75 Å². The molecule has 0 heterocycles. The Morgan fingerprint density at radius 2 is 1.09 bits per heavy atom. The van der Waals surface area contributed by atoms with Gasteiger partial charge in [0.15, 0.2) is 0 Å². The zero-order valence-electron chi connectivity index (χ0n) is 28.4. The van der Waals surface area contributed by atoms with Gasteiger partial charge < -0.3 is 40.4 Å². The number of aliphatic hydroxyl groups excluding tert-OH is 2. The van der Waals surface area contributed by atoms with Crippen LogP contribution < -0.4 is 20.7 Å². The Morgan fingerprint density at radius 3 is 1.60 bits per heavy atom. The molecule has 0 fully saturated rings. The number of hydrogen-bond donors (Lipinski definition) is 5. The van der Waals surface area contributed by atoms with Gasteiger partial charge in [0.2, 0.25) is 0 Å². The van der Waals surface area contributed by atoms with E-state index in [1.165, 1.54) is 0 Å². The minimum Gasteiger partial charge on any atom is -0.489 e. The maximum absolute atomic E-state index is 12.8. The fourth-order valence-electron chi connectivity index (χ4n) is 4.80. The van der Waals surface area contributed by atoms with Gasteiger partial charge in [-0.25, -0.2) is 9.59 Å². The minimum atomic E-state index is -1.07. The first-order chi connectivity index (χ1) is 22.2. The molecule has 3 aromatic carbocycles. The third-order valence-corrected chi connectivity index (χ3v) is 6.99. The average molecular weight is 650 g/mol. The Balaban J connectivity index is 1.69. The number of aliphatic hydroxyl groups is 2. The number of nitrogens with one attached hydrogen (secondary N) is 3. The van der Waals surface area contributed by atoms with E-state index in [-0.39, 0.29) is 19.5 Å². The monoisotopic (exact) mass is 649 g/mol. The van der Waals surface area contributed by atoms with E-state index in [9.17, 15) is 19.8 Å². The average Bonchev–Trinajstić information content (AvgIpc) is 2.99. The van der Waals surface area contributed by atoms with Gasteiger partial charge in [-0.1, -0.05) is 78.9 Å². The Morgan fingerprint density at radius 1 is 0.638 bits per heavy atom.